The molecule has 0 unspecified atom stereocenters. The Morgan fingerprint density at radius 3 is 2.35 bits per heavy atom. The molecule has 1 amide bonds. The van der Waals surface area contributed by atoms with E-state index < -0.39 is 9.84 Å². The molecule has 2 heterocycles. The predicted octanol–water partition coefficient (Wildman–Crippen LogP) is 4.40. The first-order valence-corrected chi connectivity index (χ1v) is 14.5. The van der Waals surface area contributed by atoms with Crippen molar-refractivity contribution in [2.45, 2.75) is 31.1 Å². The highest BCUT2D eigenvalue weighted by Gasteiger charge is 2.14. The van der Waals surface area contributed by atoms with Crippen molar-refractivity contribution in [2.24, 2.45) is 4.99 Å². The maximum atomic E-state index is 11.7. The topological polar surface area (TPSA) is 101 Å². The van der Waals surface area contributed by atoms with Crippen LogP contribution in [0.15, 0.2) is 58.4 Å². The molecule has 2 aromatic carbocycles. The molecule has 0 radical (unpaired) electrons. The molecule has 34 heavy (non-hydrogen) atoms. The SMILES string of the molecule is CC(=O)Nc1nc(CCc2ccc(NC3=NCCS3)cc2)c(Cc2ccc(S(C)(=O)=O)cc2)s1. The molecule has 7 nitrogen and oxygen atoms in total. The van der Waals surface area contributed by atoms with Gasteiger partial charge in [0.25, 0.3) is 0 Å². The third-order valence-corrected chi connectivity index (χ3v) is 8.25. The summed E-state index contributed by atoms with van der Waals surface area (Å²) < 4.78 is 23.5. The molecule has 4 rings (SSSR count). The van der Waals surface area contributed by atoms with Crippen LogP contribution in [0.5, 0.6) is 0 Å². The van der Waals surface area contributed by atoms with E-state index in [4.69, 9.17) is 0 Å². The van der Waals surface area contributed by atoms with Gasteiger partial charge >= 0.3 is 0 Å². The van der Waals surface area contributed by atoms with Gasteiger partial charge in [-0.3, -0.25) is 9.79 Å². The van der Waals surface area contributed by atoms with Crippen molar-refractivity contribution in [3.05, 3.63) is 70.2 Å². The number of hydrogen-bond donors (Lipinski definition) is 2. The van der Waals surface area contributed by atoms with E-state index in [1.54, 1.807) is 23.9 Å². The molecular formula is C24H26N4O3S3. The number of sulfone groups is 1. The summed E-state index contributed by atoms with van der Waals surface area (Å²) in [6.07, 6.45) is 3.38. The Bertz CT molecular complexity index is 1300. The van der Waals surface area contributed by atoms with E-state index in [-0.39, 0.29) is 5.91 Å². The monoisotopic (exact) mass is 514 g/mol. The number of amidine groups is 1. The summed E-state index contributed by atoms with van der Waals surface area (Å²) in [4.78, 5) is 22.0. The molecule has 1 aliphatic rings. The number of amides is 1. The molecule has 2 N–H and O–H groups in total. The van der Waals surface area contributed by atoms with Crippen molar-refractivity contribution < 1.29 is 13.2 Å². The standard InChI is InChI=1S/C24H26N4O3S3/c1-16(29)26-24-28-21(22(33-24)15-18-5-10-20(11-6-18)34(2,30)31)12-7-17-3-8-19(9-4-17)27-23-25-13-14-32-23/h3-6,8-11H,7,12-15H2,1-2H3,(H,25,27)(H,26,28,29). The number of nitrogens with one attached hydrogen (secondary N) is 2. The van der Waals surface area contributed by atoms with Gasteiger partial charge in [-0.05, 0) is 48.2 Å². The first-order valence-electron chi connectivity index (χ1n) is 10.8. The number of carbonyl (C=O) groups is 1. The van der Waals surface area contributed by atoms with Crippen molar-refractivity contribution in [1.82, 2.24) is 4.98 Å². The van der Waals surface area contributed by atoms with Gasteiger partial charge in [0.15, 0.2) is 20.1 Å². The summed E-state index contributed by atoms with van der Waals surface area (Å²) in [6.45, 7) is 2.33. The Morgan fingerprint density at radius 2 is 1.74 bits per heavy atom. The smallest absolute Gasteiger partial charge is 0.223 e. The van der Waals surface area contributed by atoms with Gasteiger partial charge < -0.3 is 10.6 Å². The van der Waals surface area contributed by atoms with Gasteiger partial charge in [0.2, 0.25) is 5.91 Å². The second kappa shape index (κ2) is 10.7. The van der Waals surface area contributed by atoms with Crippen LogP contribution >= 0.6 is 23.1 Å². The molecule has 1 aromatic heterocycles. The van der Waals surface area contributed by atoms with Crippen LogP contribution < -0.4 is 10.6 Å². The Hall–Kier alpha value is -2.69. The van der Waals surface area contributed by atoms with Crippen LogP contribution in [0.1, 0.15) is 28.6 Å². The number of aryl methyl sites for hydroxylation is 2. The Balaban J connectivity index is 1.46. The minimum Gasteiger partial charge on any atom is -0.335 e. The quantitative estimate of drug-likeness (QED) is 0.462. The summed E-state index contributed by atoms with van der Waals surface area (Å²) in [5.41, 5.74) is 4.16. The van der Waals surface area contributed by atoms with Crippen molar-refractivity contribution in [1.29, 1.82) is 0 Å². The third-order valence-electron chi connectivity index (χ3n) is 5.22. The second-order valence-corrected chi connectivity index (χ2v) is 12.2. The summed E-state index contributed by atoms with van der Waals surface area (Å²) in [6, 6.07) is 15.2. The van der Waals surface area contributed by atoms with E-state index in [1.807, 2.05) is 12.1 Å². The van der Waals surface area contributed by atoms with Crippen LogP contribution in [-0.2, 0) is 33.9 Å². The fourth-order valence-electron chi connectivity index (χ4n) is 3.51. The molecule has 0 fully saturated rings. The number of thioether (sulfide) groups is 1. The van der Waals surface area contributed by atoms with E-state index in [1.165, 1.54) is 30.1 Å². The minimum absolute atomic E-state index is 0.155. The Labute approximate surface area is 208 Å². The van der Waals surface area contributed by atoms with Gasteiger partial charge in [-0.2, -0.15) is 0 Å². The zero-order chi connectivity index (χ0) is 24.1. The van der Waals surface area contributed by atoms with Crippen LogP contribution in [0.4, 0.5) is 10.8 Å². The van der Waals surface area contributed by atoms with E-state index in [2.05, 4.69) is 44.9 Å². The van der Waals surface area contributed by atoms with E-state index in [0.717, 1.165) is 52.1 Å². The van der Waals surface area contributed by atoms with Crippen LogP contribution in [-0.4, -0.2) is 43.0 Å². The molecule has 0 saturated heterocycles. The van der Waals surface area contributed by atoms with Gasteiger partial charge in [0.05, 0.1) is 17.1 Å². The number of rotatable bonds is 8. The highest BCUT2D eigenvalue weighted by atomic mass is 32.2. The lowest BCUT2D eigenvalue weighted by atomic mass is 10.0. The van der Waals surface area contributed by atoms with Crippen LogP contribution in [0.3, 0.4) is 0 Å². The molecule has 10 heteroatoms. The molecule has 0 saturated carbocycles. The Morgan fingerprint density at radius 1 is 1.03 bits per heavy atom. The van der Waals surface area contributed by atoms with Gasteiger partial charge in [-0.25, -0.2) is 13.4 Å². The van der Waals surface area contributed by atoms with Crippen molar-refractivity contribution in [3.63, 3.8) is 0 Å². The number of carbonyl (C=O) groups excluding carboxylic acids is 1. The highest BCUT2D eigenvalue weighted by Crippen LogP contribution is 2.28. The van der Waals surface area contributed by atoms with Crippen molar-refractivity contribution >= 4 is 54.8 Å². The van der Waals surface area contributed by atoms with Gasteiger partial charge in [-0.15, -0.1) is 11.3 Å². The normalized spacial score (nSPS) is 13.5. The van der Waals surface area contributed by atoms with E-state index in [9.17, 15) is 13.2 Å². The number of anilines is 2. The molecule has 1 aliphatic heterocycles. The first-order chi connectivity index (χ1) is 16.3. The van der Waals surface area contributed by atoms with Crippen molar-refractivity contribution in [3.8, 4) is 0 Å². The van der Waals surface area contributed by atoms with E-state index >= 15 is 0 Å². The summed E-state index contributed by atoms with van der Waals surface area (Å²) in [7, 11) is -3.23. The van der Waals surface area contributed by atoms with Crippen LogP contribution in [0, 0.1) is 0 Å². The summed E-state index contributed by atoms with van der Waals surface area (Å²) >= 11 is 3.19. The number of aromatic nitrogens is 1. The molecule has 0 aliphatic carbocycles. The largest absolute Gasteiger partial charge is 0.335 e. The average Bonchev–Trinajstić information content (AvgIpc) is 3.42. The summed E-state index contributed by atoms with van der Waals surface area (Å²) in [5.74, 6) is 0.871. The number of hydrogen-bond acceptors (Lipinski definition) is 8. The minimum atomic E-state index is -3.23. The molecule has 0 spiro atoms. The van der Waals surface area contributed by atoms with Gasteiger partial charge in [-0.1, -0.05) is 36.0 Å². The average molecular weight is 515 g/mol. The molecule has 178 valence electrons. The fourth-order valence-corrected chi connectivity index (χ4v) is 5.98. The zero-order valence-corrected chi connectivity index (χ0v) is 21.4. The zero-order valence-electron chi connectivity index (χ0n) is 19.0. The predicted molar refractivity (Wildman–Crippen MR) is 141 cm³/mol. The molecule has 3 aromatic rings. The van der Waals surface area contributed by atoms with Crippen LogP contribution in [0.2, 0.25) is 0 Å². The Kier molecular flexibility index (Phi) is 7.70. The summed E-state index contributed by atoms with van der Waals surface area (Å²) in [5, 5.41) is 7.68. The van der Waals surface area contributed by atoms with Gasteiger partial charge in [0.1, 0.15) is 0 Å². The molecule has 0 bridgehead atoms. The number of thiazole rings is 1. The molecular weight excluding hydrogens is 488 g/mol. The second-order valence-electron chi connectivity index (χ2n) is 8.02. The maximum Gasteiger partial charge on any atom is 0.223 e. The first kappa shape index (κ1) is 24.4. The number of aliphatic imine (C=N–C) groups is 1. The van der Waals surface area contributed by atoms with E-state index in [0.29, 0.717) is 16.4 Å². The molecule has 0 atom stereocenters. The number of nitrogens with zero attached hydrogens (tertiary/aromatic N) is 2. The van der Waals surface area contributed by atoms with Crippen LogP contribution in [0.25, 0.3) is 0 Å². The van der Waals surface area contributed by atoms with Gasteiger partial charge in [0, 0.05) is 35.9 Å². The lowest BCUT2D eigenvalue weighted by molar-refractivity contribution is -0.114. The maximum absolute atomic E-state index is 11.7. The third kappa shape index (κ3) is 6.68. The number of benzene rings is 2. The highest BCUT2D eigenvalue weighted by molar-refractivity contribution is 8.14. The fraction of sp³-hybridized carbons (Fsp3) is 0.292. The lowest BCUT2D eigenvalue weighted by Gasteiger charge is -2.07. The lowest BCUT2D eigenvalue weighted by Crippen LogP contribution is -2.05. The van der Waals surface area contributed by atoms with Crippen molar-refractivity contribution in [2.75, 3.05) is 29.2 Å².